The molecule has 59 valence electrons. The molecule has 0 amide bonds. The Labute approximate surface area is 61.9 Å². The van der Waals surface area contributed by atoms with E-state index < -0.39 is 12.6 Å². The van der Waals surface area contributed by atoms with Gasteiger partial charge < -0.3 is 0 Å². The van der Waals surface area contributed by atoms with Crippen LogP contribution >= 0.6 is 0 Å². The first-order chi connectivity index (χ1) is 5.08. The number of nitrogens with zero attached hydrogens (tertiary/aromatic N) is 1. The second kappa shape index (κ2) is 2.90. The summed E-state index contributed by atoms with van der Waals surface area (Å²) in [5.41, 5.74) is -0.0694. The fourth-order valence-corrected chi connectivity index (χ4v) is 0.644. The lowest BCUT2D eigenvalue weighted by molar-refractivity contribution is -0.127. The average molecular weight is 160 g/mol. The molecule has 4 heteroatoms. The van der Waals surface area contributed by atoms with Crippen molar-refractivity contribution in [3.05, 3.63) is 30.1 Å². The maximum Gasteiger partial charge on any atom is 0.394 e. The summed E-state index contributed by atoms with van der Waals surface area (Å²) in [4.78, 5) is 3.49. The van der Waals surface area contributed by atoms with Crippen molar-refractivity contribution in [3.8, 4) is 0 Å². The van der Waals surface area contributed by atoms with Crippen molar-refractivity contribution in [1.82, 2.24) is 4.98 Å². The van der Waals surface area contributed by atoms with Gasteiger partial charge in [-0.1, -0.05) is 6.07 Å². The second-order valence-electron chi connectivity index (χ2n) is 2.02. The Morgan fingerprint density at radius 1 is 1.45 bits per heavy atom. The highest BCUT2D eigenvalue weighted by molar-refractivity contribution is 5.02. The highest BCUT2D eigenvalue weighted by Crippen LogP contribution is 2.19. The molecule has 1 rings (SSSR count). The Morgan fingerprint density at radius 3 is 2.64 bits per heavy atom. The molecule has 0 atom stereocenters. The minimum Gasteiger partial charge on any atom is -0.260 e. The van der Waals surface area contributed by atoms with E-state index in [1.807, 2.05) is 0 Å². The van der Waals surface area contributed by atoms with Gasteiger partial charge in [0.05, 0.1) is 12.1 Å². The van der Waals surface area contributed by atoms with E-state index in [0.29, 0.717) is 0 Å². The van der Waals surface area contributed by atoms with Gasteiger partial charge in [-0.2, -0.15) is 13.2 Å². The second-order valence-corrected chi connectivity index (χ2v) is 2.02. The monoisotopic (exact) mass is 160 g/mol. The van der Waals surface area contributed by atoms with Crippen LogP contribution in [-0.4, -0.2) is 11.2 Å². The molecule has 0 N–H and O–H groups in total. The van der Waals surface area contributed by atoms with Crippen LogP contribution in [0.4, 0.5) is 13.2 Å². The molecule has 0 saturated carbocycles. The lowest BCUT2D eigenvalue weighted by Crippen LogP contribution is -2.12. The minimum absolute atomic E-state index is 0.0694. The Morgan fingerprint density at radius 2 is 2.18 bits per heavy atom. The predicted octanol–water partition coefficient (Wildman–Crippen LogP) is 1.99. The SMILES string of the molecule is FC(F)(F)Cc1[c]cccn1. The quantitative estimate of drug-likeness (QED) is 0.612. The Bertz CT molecular complexity index is 217. The molecule has 1 nitrogen and oxygen atoms in total. The first kappa shape index (κ1) is 8.04. The molecule has 1 aromatic heterocycles. The van der Waals surface area contributed by atoms with E-state index in [9.17, 15) is 13.2 Å². The van der Waals surface area contributed by atoms with Gasteiger partial charge in [0.2, 0.25) is 0 Å². The van der Waals surface area contributed by atoms with E-state index in [0.717, 1.165) is 0 Å². The van der Waals surface area contributed by atoms with Crippen LogP contribution in [-0.2, 0) is 6.42 Å². The Hall–Kier alpha value is -1.06. The third-order valence-electron chi connectivity index (χ3n) is 1.03. The molecule has 0 saturated heterocycles. The van der Waals surface area contributed by atoms with E-state index in [4.69, 9.17) is 0 Å². The van der Waals surface area contributed by atoms with E-state index in [1.165, 1.54) is 18.3 Å². The van der Waals surface area contributed by atoms with Gasteiger partial charge in [-0.3, -0.25) is 4.98 Å². The van der Waals surface area contributed by atoms with Gasteiger partial charge in [0.1, 0.15) is 0 Å². The molecule has 1 aromatic rings. The largest absolute Gasteiger partial charge is 0.394 e. The van der Waals surface area contributed by atoms with Crippen LogP contribution in [0.3, 0.4) is 0 Å². The number of pyridine rings is 1. The summed E-state index contributed by atoms with van der Waals surface area (Å²) >= 11 is 0. The lowest BCUT2D eigenvalue weighted by atomic mass is 10.3. The van der Waals surface area contributed by atoms with Crippen LogP contribution in [0.25, 0.3) is 0 Å². The van der Waals surface area contributed by atoms with Crippen LogP contribution in [0.15, 0.2) is 18.3 Å². The van der Waals surface area contributed by atoms with Crippen LogP contribution in [0.1, 0.15) is 5.69 Å². The van der Waals surface area contributed by atoms with Crippen molar-refractivity contribution in [2.45, 2.75) is 12.6 Å². The van der Waals surface area contributed by atoms with Gasteiger partial charge in [-0.05, 0) is 6.07 Å². The third-order valence-corrected chi connectivity index (χ3v) is 1.03. The molecular weight excluding hydrogens is 155 g/mol. The van der Waals surface area contributed by atoms with Crippen molar-refractivity contribution >= 4 is 0 Å². The van der Waals surface area contributed by atoms with Gasteiger partial charge in [-0.25, -0.2) is 0 Å². The summed E-state index contributed by atoms with van der Waals surface area (Å²) in [5, 5.41) is 0. The molecular formula is C7H5F3N. The van der Waals surface area contributed by atoms with Gasteiger partial charge in [-0.15, -0.1) is 0 Å². The Balaban J connectivity index is 2.66. The van der Waals surface area contributed by atoms with E-state index in [2.05, 4.69) is 11.1 Å². The number of aromatic nitrogens is 1. The number of halogens is 3. The summed E-state index contributed by atoms with van der Waals surface area (Å²) in [6.07, 6.45) is -3.88. The van der Waals surface area contributed by atoms with Gasteiger partial charge in [0.25, 0.3) is 0 Å². The molecule has 0 aliphatic rings. The van der Waals surface area contributed by atoms with Crippen molar-refractivity contribution in [2.75, 3.05) is 0 Å². The average Bonchev–Trinajstić information content (AvgIpc) is 1.85. The maximum atomic E-state index is 11.7. The fourth-order valence-electron chi connectivity index (χ4n) is 0.644. The molecule has 0 fully saturated rings. The predicted molar refractivity (Wildman–Crippen MR) is 32.8 cm³/mol. The molecule has 0 unspecified atom stereocenters. The summed E-state index contributed by atoms with van der Waals surface area (Å²) in [6, 6.07) is 5.33. The maximum absolute atomic E-state index is 11.7. The first-order valence-corrected chi connectivity index (χ1v) is 2.96. The topological polar surface area (TPSA) is 12.9 Å². The van der Waals surface area contributed by atoms with E-state index in [1.54, 1.807) is 0 Å². The molecule has 0 spiro atoms. The normalized spacial score (nSPS) is 11.5. The lowest BCUT2D eigenvalue weighted by Gasteiger charge is -2.03. The zero-order chi connectivity index (χ0) is 8.32. The molecule has 0 aliphatic carbocycles. The number of hydrogen-bond acceptors (Lipinski definition) is 1. The standard InChI is InChI=1S/C7H5F3N/c8-7(9,10)5-6-3-1-2-4-11-6/h1-2,4H,5H2. The summed E-state index contributed by atoms with van der Waals surface area (Å²) in [5.74, 6) is 0. The molecule has 1 heterocycles. The summed E-state index contributed by atoms with van der Waals surface area (Å²) in [6.45, 7) is 0. The smallest absolute Gasteiger partial charge is 0.260 e. The van der Waals surface area contributed by atoms with Crippen molar-refractivity contribution in [3.63, 3.8) is 0 Å². The van der Waals surface area contributed by atoms with Crippen LogP contribution in [0.5, 0.6) is 0 Å². The van der Waals surface area contributed by atoms with Gasteiger partial charge in [0.15, 0.2) is 0 Å². The van der Waals surface area contributed by atoms with Crippen LogP contribution in [0, 0.1) is 6.07 Å². The zero-order valence-electron chi connectivity index (χ0n) is 5.52. The van der Waals surface area contributed by atoms with Crippen molar-refractivity contribution in [1.29, 1.82) is 0 Å². The highest BCUT2D eigenvalue weighted by atomic mass is 19.4. The van der Waals surface area contributed by atoms with E-state index in [-0.39, 0.29) is 5.69 Å². The third kappa shape index (κ3) is 3.02. The van der Waals surface area contributed by atoms with E-state index >= 15 is 0 Å². The summed E-state index contributed by atoms with van der Waals surface area (Å²) < 4.78 is 35.0. The molecule has 11 heavy (non-hydrogen) atoms. The fraction of sp³-hybridized carbons (Fsp3) is 0.286. The first-order valence-electron chi connectivity index (χ1n) is 2.96. The summed E-state index contributed by atoms with van der Waals surface area (Å²) in [7, 11) is 0. The molecule has 0 aliphatic heterocycles. The van der Waals surface area contributed by atoms with Crippen molar-refractivity contribution in [2.24, 2.45) is 0 Å². The Kier molecular flexibility index (Phi) is 2.12. The van der Waals surface area contributed by atoms with Crippen molar-refractivity contribution < 1.29 is 13.2 Å². The van der Waals surface area contributed by atoms with Gasteiger partial charge in [0, 0.05) is 12.3 Å². The molecule has 0 aromatic carbocycles. The molecule has 0 bridgehead atoms. The minimum atomic E-state index is -4.19. The number of rotatable bonds is 1. The number of hydrogen-bond donors (Lipinski definition) is 0. The molecule has 1 radical (unpaired) electrons. The van der Waals surface area contributed by atoms with Crippen LogP contribution in [0.2, 0.25) is 0 Å². The highest BCUT2D eigenvalue weighted by Gasteiger charge is 2.28. The van der Waals surface area contributed by atoms with Gasteiger partial charge >= 0.3 is 6.18 Å². The zero-order valence-corrected chi connectivity index (χ0v) is 5.52. The van der Waals surface area contributed by atoms with Crippen LogP contribution < -0.4 is 0 Å². The number of alkyl halides is 3.